The van der Waals surface area contributed by atoms with Crippen molar-refractivity contribution in [2.45, 2.75) is 51.6 Å². The average molecular weight is 257 g/mol. The first-order chi connectivity index (χ1) is 7.93. The molecule has 0 saturated carbocycles. The Balaban J connectivity index is 3.60. The van der Waals surface area contributed by atoms with E-state index >= 15 is 0 Å². The number of nitriles is 1. The van der Waals surface area contributed by atoms with Gasteiger partial charge in [-0.05, 0) is 38.9 Å². The van der Waals surface area contributed by atoms with Crippen LogP contribution in [-0.4, -0.2) is 29.0 Å². The molecule has 0 aromatic heterocycles. The van der Waals surface area contributed by atoms with Crippen LogP contribution in [0.5, 0.6) is 0 Å². The third kappa shape index (κ3) is 8.06. The molecule has 0 aliphatic rings. The van der Waals surface area contributed by atoms with E-state index in [1.54, 1.807) is 11.8 Å². The highest BCUT2D eigenvalue weighted by atomic mass is 32.2. The summed E-state index contributed by atoms with van der Waals surface area (Å²) in [4.78, 5) is 11.3. The van der Waals surface area contributed by atoms with Gasteiger partial charge in [-0.15, -0.1) is 0 Å². The molecule has 0 aliphatic heterocycles. The summed E-state index contributed by atoms with van der Waals surface area (Å²) >= 11 is 1.59. The van der Waals surface area contributed by atoms with Gasteiger partial charge in [0, 0.05) is 6.04 Å². The Morgan fingerprint density at radius 1 is 1.59 bits per heavy atom. The number of hydrogen-bond acceptors (Lipinski definition) is 4. The van der Waals surface area contributed by atoms with Gasteiger partial charge in [0.1, 0.15) is 5.54 Å². The number of rotatable bonds is 8. The quantitative estimate of drug-likeness (QED) is 0.648. The summed E-state index contributed by atoms with van der Waals surface area (Å²) in [6.45, 7) is 5.81. The van der Waals surface area contributed by atoms with Gasteiger partial charge in [-0.1, -0.05) is 6.92 Å². The molecule has 0 aliphatic carbocycles. The zero-order valence-electron chi connectivity index (χ0n) is 11.0. The maximum absolute atomic E-state index is 11.3. The van der Waals surface area contributed by atoms with Gasteiger partial charge in [0.2, 0.25) is 5.91 Å². The van der Waals surface area contributed by atoms with E-state index in [4.69, 9.17) is 11.0 Å². The lowest BCUT2D eigenvalue weighted by Crippen LogP contribution is -2.37. The van der Waals surface area contributed by atoms with E-state index in [0.29, 0.717) is 18.6 Å². The van der Waals surface area contributed by atoms with Crippen molar-refractivity contribution in [2.75, 3.05) is 11.5 Å². The van der Waals surface area contributed by atoms with Gasteiger partial charge < -0.3 is 11.1 Å². The van der Waals surface area contributed by atoms with E-state index in [2.05, 4.69) is 11.4 Å². The predicted molar refractivity (Wildman–Crippen MR) is 72.7 cm³/mol. The van der Waals surface area contributed by atoms with Crippen LogP contribution in [0.25, 0.3) is 0 Å². The number of carbonyl (C=O) groups excluding carboxylic acids is 1. The van der Waals surface area contributed by atoms with Gasteiger partial charge in [0.25, 0.3) is 0 Å². The Bertz CT molecular complexity index is 275. The number of carbonyl (C=O) groups is 1. The predicted octanol–water partition coefficient (Wildman–Crippen LogP) is 1.66. The van der Waals surface area contributed by atoms with E-state index in [0.717, 1.165) is 12.2 Å². The first-order valence-electron chi connectivity index (χ1n) is 6.00. The molecule has 0 radical (unpaired) electrons. The summed E-state index contributed by atoms with van der Waals surface area (Å²) in [5, 5.41) is 11.7. The second-order valence-corrected chi connectivity index (χ2v) is 5.61. The third-order valence-corrected chi connectivity index (χ3v) is 3.49. The van der Waals surface area contributed by atoms with Crippen LogP contribution in [0.3, 0.4) is 0 Å². The molecule has 0 bridgehead atoms. The SMILES string of the molecule is CCC(N)(C#N)CCCSCC(=O)NC(C)C. The van der Waals surface area contributed by atoms with Crippen molar-refractivity contribution in [1.29, 1.82) is 5.26 Å². The van der Waals surface area contributed by atoms with E-state index in [-0.39, 0.29) is 11.9 Å². The second kappa shape index (κ2) is 8.37. The minimum Gasteiger partial charge on any atom is -0.353 e. The molecule has 98 valence electrons. The molecular formula is C12H23N3OS. The monoisotopic (exact) mass is 257 g/mol. The number of nitrogens with zero attached hydrogens (tertiary/aromatic N) is 1. The van der Waals surface area contributed by atoms with Crippen molar-refractivity contribution < 1.29 is 4.79 Å². The molecule has 4 nitrogen and oxygen atoms in total. The van der Waals surface area contributed by atoms with Crippen LogP contribution in [-0.2, 0) is 4.79 Å². The summed E-state index contributed by atoms with van der Waals surface area (Å²) in [6, 6.07) is 2.34. The van der Waals surface area contributed by atoms with Gasteiger partial charge in [-0.3, -0.25) is 4.79 Å². The largest absolute Gasteiger partial charge is 0.353 e. The lowest BCUT2D eigenvalue weighted by molar-refractivity contribution is -0.119. The highest BCUT2D eigenvalue weighted by Crippen LogP contribution is 2.15. The zero-order valence-corrected chi connectivity index (χ0v) is 11.8. The number of thioether (sulfide) groups is 1. The smallest absolute Gasteiger partial charge is 0.230 e. The Kier molecular flexibility index (Phi) is 8.01. The molecule has 0 fully saturated rings. The Labute approximate surface area is 108 Å². The van der Waals surface area contributed by atoms with Gasteiger partial charge in [-0.25, -0.2) is 0 Å². The third-order valence-electron chi connectivity index (χ3n) is 2.45. The topological polar surface area (TPSA) is 78.9 Å². The number of amides is 1. The van der Waals surface area contributed by atoms with Crippen molar-refractivity contribution in [2.24, 2.45) is 5.73 Å². The van der Waals surface area contributed by atoms with E-state index in [9.17, 15) is 4.79 Å². The molecule has 0 rings (SSSR count). The lowest BCUT2D eigenvalue weighted by Gasteiger charge is -2.18. The summed E-state index contributed by atoms with van der Waals surface area (Å²) in [5.41, 5.74) is 5.16. The molecule has 1 amide bonds. The van der Waals surface area contributed by atoms with Crippen LogP contribution in [0, 0.1) is 11.3 Å². The Morgan fingerprint density at radius 2 is 2.24 bits per heavy atom. The average Bonchev–Trinajstić information content (AvgIpc) is 2.27. The zero-order chi connectivity index (χ0) is 13.3. The highest BCUT2D eigenvalue weighted by molar-refractivity contribution is 7.99. The molecule has 0 aromatic carbocycles. The van der Waals surface area contributed by atoms with Crippen molar-refractivity contribution >= 4 is 17.7 Å². The van der Waals surface area contributed by atoms with E-state index in [1.165, 1.54) is 0 Å². The standard InChI is InChI=1S/C12H23N3OS/c1-4-12(14,9-13)6-5-7-17-8-11(16)15-10(2)3/h10H,4-8,14H2,1-3H3,(H,15,16). The van der Waals surface area contributed by atoms with E-state index < -0.39 is 5.54 Å². The summed E-state index contributed by atoms with van der Waals surface area (Å²) in [5.74, 6) is 1.42. The molecule has 0 spiro atoms. The molecular weight excluding hydrogens is 234 g/mol. The first-order valence-corrected chi connectivity index (χ1v) is 7.16. The van der Waals surface area contributed by atoms with Gasteiger partial charge in [-0.2, -0.15) is 17.0 Å². The Morgan fingerprint density at radius 3 is 2.71 bits per heavy atom. The van der Waals surface area contributed by atoms with Crippen molar-refractivity contribution in [3.05, 3.63) is 0 Å². The second-order valence-electron chi connectivity index (χ2n) is 4.50. The minimum absolute atomic E-state index is 0.0692. The molecule has 5 heteroatoms. The first kappa shape index (κ1) is 16.3. The Hall–Kier alpha value is -0.730. The summed E-state index contributed by atoms with van der Waals surface area (Å²) in [6.07, 6.45) is 2.23. The van der Waals surface area contributed by atoms with Crippen LogP contribution in [0.1, 0.15) is 40.0 Å². The van der Waals surface area contributed by atoms with E-state index in [1.807, 2.05) is 20.8 Å². The number of nitrogens with two attached hydrogens (primary N) is 1. The maximum atomic E-state index is 11.3. The molecule has 0 saturated heterocycles. The van der Waals surface area contributed by atoms with Crippen molar-refractivity contribution in [3.8, 4) is 6.07 Å². The summed E-state index contributed by atoms with van der Waals surface area (Å²) in [7, 11) is 0. The van der Waals surface area contributed by atoms with Crippen LogP contribution in [0.2, 0.25) is 0 Å². The van der Waals surface area contributed by atoms with Crippen molar-refractivity contribution in [3.63, 3.8) is 0 Å². The molecule has 1 unspecified atom stereocenters. The minimum atomic E-state index is -0.694. The fourth-order valence-corrected chi connectivity index (χ4v) is 2.09. The van der Waals surface area contributed by atoms with Crippen LogP contribution < -0.4 is 11.1 Å². The molecule has 1 atom stereocenters. The van der Waals surface area contributed by atoms with Crippen molar-refractivity contribution in [1.82, 2.24) is 5.32 Å². The normalized spacial score (nSPS) is 14.1. The van der Waals surface area contributed by atoms with Gasteiger partial charge >= 0.3 is 0 Å². The number of nitrogens with one attached hydrogen (secondary N) is 1. The molecule has 17 heavy (non-hydrogen) atoms. The number of hydrogen-bond donors (Lipinski definition) is 2. The van der Waals surface area contributed by atoms with Crippen LogP contribution in [0.4, 0.5) is 0 Å². The maximum Gasteiger partial charge on any atom is 0.230 e. The molecule has 3 N–H and O–H groups in total. The molecule has 0 aromatic rings. The van der Waals surface area contributed by atoms with Crippen LogP contribution >= 0.6 is 11.8 Å². The van der Waals surface area contributed by atoms with Gasteiger partial charge in [0.05, 0.1) is 11.8 Å². The summed E-state index contributed by atoms with van der Waals surface area (Å²) < 4.78 is 0. The lowest BCUT2D eigenvalue weighted by atomic mass is 9.94. The molecule has 0 heterocycles. The fraction of sp³-hybridized carbons (Fsp3) is 0.833. The fourth-order valence-electron chi connectivity index (χ4n) is 1.33. The highest BCUT2D eigenvalue weighted by Gasteiger charge is 2.20. The van der Waals surface area contributed by atoms with Crippen LogP contribution in [0.15, 0.2) is 0 Å². The van der Waals surface area contributed by atoms with Gasteiger partial charge in [0.15, 0.2) is 0 Å².